The first-order valence-corrected chi connectivity index (χ1v) is 9.49. The smallest absolute Gasteiger partial charge is 0.223 e. The van der Waals surface area contributed by atoms with E-state index in [-0.39, 0.29) is 11.8 Å². The standard InChI is InChI=1S/C22H25N3O/c1-16-11-13-25-20-15-18(9-10-19(20)24-21(25)14-16)22(26)23-12-5-8-17-6-3-2-4-7-17/h2-4,6-7,11,13-14,18H,5,8-10,12,15H2,1H3,(H,23,26). The molecule has 0 aliphatic heterocycles. The molecule has 0 radical (unpaired) electrons. The fourth-order valence-electron chi connectivity index (χ4n) is 3.83. The van der Waals surface area contributed by atoms with Gasteiger partial charge in [-0.3, -0.25) is 4.79 Å². The van der Waals surface area contributed by atoms with E-state index in [4.69, 9.17) is 4.98 Å². The minimum absolute atomic E-state index is 0.0560. The number of carbonyl (C=O) groups excluding carboxylic acids is 1. The third-order valence-corrected chi connectivity index (χ3v) is 5.29. The number of nitrogens with one attached hydrogen (secondary N) is 1. The van der Waals surface area contributed by atoms with Crippen LogP contribution in [0, 0.1) is 12.8 Å². The van der Waals surface area contributed by atoms with Gasteiger partial charge in [-0.15, -0.1) is 0 Å². The van der Waals surface area contributed by atoms with Crippen molar-refractivity contribution in [3.63, 3.8) is 0 Å². The van der Waals surface area contributed by atoms with Crippen molar-refractivity contribution in [2.45, 2.75) is 39.0 Å². The first-order chi connectivity index (χ1) is 12.7. The van der Waals surface area contributed by atoms with E-state index in [9.17, 15) is 4.79 Å². The van der Waals surface area contributed by atoms with Crippen molar-refractivity contribution in [3.05, 3.63) is 71.2 Å². The average molecular weight is 347 g/mol. The predicted molar refractivity (Wildman–Crippen MR) is 103 cm³/mol. The number of imidazole rings is 1. The normalized spacial score (nSPS) is 16.4. The number of carbonyl (C=O) groups is 1. The van der Waals surface area contributed by atoms with E-state index in [0.29, 0.717) is 0 Å². The van der Waals surface area contributed by atoms with E-state index >= 15 is 0 Å². The fourth-order valence-corrected chi connectivity index (χ4v) is 3.83. The maximum absolute atomic E-state index is 12.6. The fraction of sp³-hybridized carbons (Fsp3) is 0.364. The van der Waals surface area contributed by atoms with Gasteiger partial charge in [-0.25, -0.2) is 4.98 Å². The van der Waals surface area contributed by atoms with E-state index in [1.165, 1.54) is 16.8 Å². The van der Waals surface area contributed by atoms with Crippen LogP contribution in [0.3, 0.4) is 0 Å². The Morgan fingerprint density at radius 1 is 1.27 bits per heavy atom. The summed E-state index contributed by atoms with van der Waals surface area (Å²) < 4.78 is 2.15. The van der Waals surface area contributed by atoms with Crippen LogP contribution in [0.15, 0.2) is 48.7 Å². The Hall–Kier alpha value is -2.62. The highest BCUT2D eigenvalue weighted by molar-refractivity contribution is 5.79. The van der Waals surface area contributed by atoms with Gasteiger partial charge in [0, 0.05) is 30.8 Å². The van der Waals surface area contributed by atoms with Crippen LogP contribution in [0.5, 0.6) is 0 Å². The molecule has 4 nitrogen and oxygen atoms in total. The number of hydrogen-bond acceptors (Lipinski definition) is 2. The molecule has 1 aromatic carbocycles. The molecule has 1 amide bonds. The zero-order valence-corrected chi connectivity index (χ0v) is 15.2. The van der Waals surface area contributed by atoms with Gasteiger partial charge in [-0.1, -0.05) is 30.3 Å². The number of amides is 1. The lowest BCUT2D eigenvalue weighted by Crippen LogP contribution is -2.35. The van der Waals surface area contributed by atoms with Crippen molar-refractivity contribution in [1.29, 1.82) is 0 Å². The number of hydrogen-bond donors (Lipinski definition) is 1. The van der Waals surface area contributed by atoms with Crippen LogP contribution in [0.1, 0.15) is 35.4 Å². The van der Waals surface area contributed by atoms with E-state index in [1.54, 1.807) is 0 Å². The number of aryl methyl sites for hydroxylation is 3. The summed E-state index contributed by atoms with van der Waals surface area (Å²) in [4.78, 5) is 17.3. The van der Waals surface area contributed by atoms with Crippen LogP contribution in [-0.2, 0) is 24.1 Å². The van der Waals surface area contributed by atoms with E-state index in [1.807, 2.05) is 6.07 Å². The highest BCUT2D eigenvalue weighted by Gasteiger charge is 2.27. The quantitative estimate of drug-likeness (QED) is 0.718. The van der Waals surface area contributed by atoms with Crippen molar-refractivity contribution in [2.75, 3.05) is 6.54 Å². The average Bonchev–Trinajstić information content (AvgIpc) is 3.02. The van der Waals surface area contributed by atoms with Crippen LogP contribution in [0.4, 0.5) is 0 Å². The predicted octanol–water partition coefficient (Wildman–Crippen LogP) is 3.50. The Kier molecular flexibility index (Phi) is 4.74. The molecule has 0 bridgehead atoms. The molecule has 0 spiro atoms. The molecule has 0 saturated heterocycles. The summed E-state index contributed by atoms with van der Waals surface area (Å²) in [5.41, 5.74) is 5.90. The maximum Gasteiger partial charge on any atom is 0.223 e. The molecular formula is C22H25N3O. The first kappa shape index (κ1) is 16.8. The molecule has 2 aromatic heterocycles. The van der Waals surface area contributed by atoms with Gasteiger partial charge in [0.05, 0.1) is 5.69 Å². The monoisotopic (exact) mass is 347 g/mol. The lowest BCUT2D eigenvalue weighted by molar-refractivity contribution is -0.125. The number of rotatable bonds is 5. The Morgan fingerprint density at radius 3 is 2.96 bits per heavy atom. The van der Waals surface area contributed by atoms with Gasteiger partial charge in [0.15, 0.2) is 0 Å². The third kappa shape index (κ3) is 3.50. The van der Waals surface area contributed by atoms with Crippen molar-refractivity contribution >= 4 is 11.6 Å². The second-order valence-electron chi connectivity index (χ2n) is 7.26. The van der Waals surface area contributed by atoms with Gasteiger partial charge in [0.2, 0.25) is 5.91 Å². The van der Waals surface area contributed by atoms with Gasteiger partial charge in [0.25, 0.3) is 0 Å². The summed E-state index contributed by atoms with van der Waals surface area (Å²) >= 11 is 0. The lowest BCUT2D eigenvalue weighted by atomic mass is 9.89. The summed E-state index contributed by atoms with van der Waals surface area (Å²) in [5.74, 6) is 0.242. The maximum atomic E-state index is 12.6. The van der Waals surface area contributed by atoms with Crippen molar-refractivity contribution in [3.8, 4) is 0 Å². The lowest BCUT2D eigenvalue weighted by Gasteiger charge is -2.21. The number of benzene rings is 1. The zero-order valence-electron chi connectivity index (χ0n) is 15.2. The van der Waals surface area contributed by atoms with E-state index in [2.05, 4.69) is 59.2 Å². The molecule has 4 heteroatoms. The van der Waals surface area contributed by atoms with Crippen LogP contribution < -0.4 is 5.32 Å². The second-order valence-corrected chi connectivity index (χ2v) is 7.26. The highest BCUT2D eigenvalue weighted by Crippen LogP contribution is 2.26. The molecule has 1 unspecified atom stereocenters. The molecule has 1 aliphatic carbocycles. The molecule has 0 saturated carbocycles. The van der Waals surface area contributed by atoms with Crippen LogP contribution in [0.25, 0.3) is 5.65 Å². The van der Waals surface area contributed by atoms with Gasteiger partial charge in [-0.2, -0.15) is 0 Å². The van der Waals surface area contributed by atoms with Crippen LogP contribution >= 0.6 is 0 Å². The molecule has 1 aliphatic rings. The Morgan fingerprint density at radius 2 is 2.12 bits per heavy atom. The zero-order chi connectivity index (χ0) is 17.9. The summed E-state index contributed by atoms with van der Waals surface area (Å²) in [6, 6.07) is 14.6. The summed E-state index contributed by atoms with van der Waals surface area (Å²) in [6.45, 7) is 2.82. The van der Waals surface area contributed by atoms with E-state index < -0.39 is 0 Å². The van der Waals surface area contributed by atoms with Crippen molar-refractivity contribution in [2.24, 2.45) is 5.92 Å². The van der Waals surface area contributed by atoms with Crippen LogP contribution in [-0.4, -0.2) is 21.8 Å². The van der Waals surface area contributed by atoms with Gasteiger partial charge >= 0.3 is 0 Å². The number of nitrogens with zero attached hydrogens (tertiary/aromatic N) is 2. The molecule has 1 N–H and O–H groups in total. The summed E-state index contributed by atoms with van der Waals surface area (Å²) in [6.07, 6.45) is 6.62. The molecule has 3 aromatic rings. The van der Waals surface area contributed by atoms with Crippen LogP contribution in [0.2, 0.25) is 0 Å². The topological polar surface area (TPSA) is 46.4 Å². The Balaban J connectivity index is 1.34. The molecule has 26 heavy (non-hydrogen) atoms. The van der Waals surface area contributed by atoms with Gasteiger partial charge in [0.1, 0.15) is 5.65 Å². The number of pyridine rings is 1. The van der Waals surface area contributed by atoms with Gasteiger partial charge < -0.3 is 9.72 Å². The number of aromatic nitrogens is 2. The SMILES string of the molecule is Cc1ccn2c3c(nc2c1)CCC(C(=O)NCCCc1ccccc1)C3. The first-order valence-electron chi connectivity index (χ1n) is 9.49. The molecule has 134 valence electrons. The Labute approximate surface area is 154 Å². The van der Waals surface area contributed by atoms with Crippen molar-refractivity contribution < 1.29 is 4.79 Å². The minimum atomic E-state index is 0.0560. The molecule has 1 atom stereocenters. The molecular weight excluding hydrogens is 322 g/mol. The summed E-state index contributed by atoms with van der Waals surface area (Å²) in [7, 11) is 0. The Bertz CT molecular complexity index is 914. The summed E-state index contributed by atoms with van der Waals surface area (Å²) in [5, 5.41) is 3.13. The molecule has 4 rings (SSSR count). The highest BCUT2D eigenvalue weighted by atomic mass is 16.1. The molecule has 2 heterocycles. The second kappa shape index (κ2) is 7.32. The minimum Gasteiger partial charge on any atom is -0.356 e. The third-order valence-electron chi connectivity index (χ3n) is 5.29. The van der Waals surface area contributed by atoms with Gasteiger partial charge in [-0.05, 0) is 55.9 Å². The van der Waals surface area contributed by atoms with E-state index in [0.717, 1.165) is 50.0 Å². The number of fused-ring (bicyclic) bond motifs is 3. The molecule has 0 fully saturated rings. The largest absolute Gasteiger partial charge is 0.356 e. The van der Waals surface area contributed by atoms with Crippen molar-refractivity contribution in [1.82, 2.24) is 14.7 Å².